The highest BCUT2D eigenvalue weighted by Gasteiger charge is 2.29. The number of nitrogens with one attached hydrogen (secondary N) is 1. The van der Waals surface area contributed by atoms with E-state index in [9.17, 15) is 14.0 Å². The number of nitrogens with zero attached hydrogens (tertiary/aromatic N) is 2. The number of hydrogen-bond acceptors (Lipinski definition) is 2. The number of urea groups is 1. The van der Waals surface area contributed by atoms with E-state index < -0.39 is 5.82 Å². The van der Waals surface area contributed by atoms with Crippen molar-refractivity contribution in [1.29, 1.82) is 0 Å². The molecule has 1 N–H and O–H groups in total. The van der Waals surface area contributed by atoms with Crippen LogP contribution in [0, 0.1) is 11.7 Å². The predicted octanol–water partition coefficient (Wildman–Crippen LogP) is 2.81. The molecule has 1 heterocycles. The Balaban J connectivity index is 1.99. The van der Waals surface area contributed by atoms with Gasteiger partial charge in [-0.15, -0.1) is 0 Å². The first kappa shape index (κ1) is 16.5. The molecule has 0 bridgehead atoms. The molecule has 1 atom stereocenters. The van der Waals surface area contributed by atoms with Crippen molar-refractivity contribution in [3.05, 3.63) is 29.0 Å². The predicted molar refractivity (Wildman–Crippen MR) is 83.4 cm³/mol. The summed E-state index contributed by atoms with van der Waals surface area (Å²) in [5.74, 6) is -1.08. The first-order chi connectivity index (χ1) is 10.4. The van der Waals surface area contributed by atoms with Crippen LogP contribution in [0.25, 0.3) is 0 Å². The summed E-state index contributed by atoms with van der Waals surface area (Å²) in [5, 5.41) is 2.69. The summed E-state index contributed by atoms with van der Waals surface area (Å²) in [6, 6.07) is 4.03. The maximum absolute atomic E-state index is 13.4. The van der Waals surface area contributed by atoms with E-state index in [1.165, 1.54) is 17.0 Å². The monoisotopic (exact) mass is 327 g/mol. The van der Waals surface area contributed by atoms with E-state index >= 15 is 0 Å². The van der Waals surface area contributed by atoms with Crippen LogP contribution in [0.5, 0.6) is 0 Å². The molecule has 1 aromatic rings. The number of anilines is 1. The van der Waals surface area contributed by atoms with Crippen LogP contribution in [-0.2, 0) is 4.79 Å². The molecular formula is C15H19ClFN3O2. The lowest BCUT2D eigenvalue weighted by atomic mass is 9.97. The maximum Gasteiger partial charge on any atom is 0.319 e. The molecule has 120 valence electrons. The van der Waals surface area contributed by atoms with Gasteiger partial charge in [-0.3, -0.25) is 4.79 Å². The molecule has 1 aromatic carbocycles. The smallest absolute Gasteiger partial charge is 0.319 e. The topological polar surface area (TPSA) is 52.7 Å². The van der Waals surface area contributed by atoms with Crippen LogP contribution >= 0.6 is 11.6 Å². The van der Waals surface area contributed by atoms with Gasteiger partial charge in [-0.2, -0.15) is 0 Å². The second-order valence-corrected chi connectivity index (χ2v) is 5.99. The van der Waals surface area contributed by atoms with Crippen molar-refractivity contribution < 1.29 is 14.0 Å². The third kappa shape index (κ3) is 3.88. The number of likely N-dealkylation sites (tertiary alicyclic amines) is 1. The molecule has 0 radical (unpaired) electrons. The van der Waals surface area contributed by atoms with Crippen molar-refractivity contribution in [2.75, 3.05) is 32.5 Å². The average molecular weight is 328 g/mol. The van der Waals surface area contributed by atoms with Gasteiger partial charge in [0.05, 0.1) is 10.9 Å². The minimum absolute atomic E-state index is 0.0124. The van der Waals surface area contributed by atoms with Gasteiger partial charge in [-0.05, 0) is 31.0 Å². The molecule has 1 saturated heterocycles. The molecular weight excluding hydrogens is 309 g/mol. The van der Waals surface area contributed by atoms with Crippen molar-refractivity contribution in [1.82, 2.24) is 9.80 Å². The largest absolute Gasteiger partial charge is 0.331 e. The zero-order valence-electron chi connectivity index (χ0n) is 12.6. The lowest BCUT2D eigenvalue weighted by Gasteiger charge is -2.33. The van der Waals surface area contributed by atoms with Gasteiger partial charge in [0.1, 0.15) is 5.82 Å². The fourth-order valence-corrected chi connectivity index (χ4v) is 2.58. The van der Waals surface area contributed by atoms with Gasteiger partial charge < -0.3 is 15.1 Å². The zero-order valence-corrected chi connectivity index (χ0v) is 13.4. The first-order valence-electron chi connectivity index (χ1n) is 7.10. The molecule has 7 heteroatoms. The van der Waals surface area contributed by atoms with Gasteiger partial charge in [0.15, 0.2) is 0 Å². The van der Waals surface area contributed by atoms with E-state index in [-0.39, 0.29) is 22.9 Å². The van der Waals surface area contributed by atoms with Crippen molar-refractivity contribution in [3.63, 3.8) is 0 Å². The van der Waals surface area contributed by atoms with E-state index in [2.05, 4.69) is 5.32 Å². The van der Waals surface area contributed by atoms with Crippen LogP contribution in [0.2, 0.25) is 5.02 Å². The van der Waals surface area contributed by atoms with Crippen LogP contribution in [0.4, 0.5) is 14.9 Å². The lowest BCUT2D eigenvalue weighted by Crippen LogP contribution is -2.47. The third-order valence-corrected chi connectivity index (χ3v) is 3.94. The lowest BCUT2D eigenvalue weighted by molar-refractivity contribution is -0.121. The molecule has 0 saturated carbocycles. The van der Waals surface area contributed by atoms with Gasteiger partial charge in [-0.25, -0.2) is 9.18 Å². The van der Waals surface area contributed by atoms with Crippen molar-refractivity contribution in [3.8, 4) is 0 Å². The van der Waals surface area contributed by atoms with Gasteiger partial charge in [0.2, 0.25) is 5.91 Å². The van der Waals surface area contributed by atoms with Gasteiger partial charge in [0.25, 0.3) is 0 Å². The van der Waals surface area contributed by atoms with E-state index in [1.807, 2.05) is 0 Å². The molecule has 2 rings (SSSR count). The molecule has 1 unspecified atom stereocenters. The minimum atomic E-state index is -0.576. The Hall–Kier alpha value is -1.82. The number of amides is 3. The van der Waals surface area contributed by atoms with Crippen molar-refractivity contribution in [2.45, 2.75) is 12.8 Å². The molecule has 1 aliphatic heterocycles. The Morgan fingerprint density at radius 2 is 2.14 bits per heavy atom. The van der Waals surface area contributed by atoms with E-state index in [0.717, 1.165) is 6.42 Å². The summed E-state index contributed by atoms with van der Waals surface area (Å²) >= 11 is 5.61. The van der Waals surface area contributed by atoms with Crippen LogP contribution in [0.3, 0.4) is 0 Å². The third-order valence-electron chi connectivity index (χ3n) is 3.63. The number of benzene rings is 1. The molecule has 3 amide bonds. The Morgan fingerprint density at radius 3 is 2.77 bits per heavy atom. The van der Waals surface area contributed by atoms with Crippen LogP contribution in [0.1, 0.15) is 12.8 Å². The highest BCUT2D eigenvalue weighted by molar-refractivity contribution is 6.30. The molecule has 22 heavy (non-hydrogen) atoms. The van der Waals surface area contributed by atoms with Crippen LogP contribution in [-0.4, -0.2) is 48.9 Å². The highest BCUT2D eigenvalue weighted by atomic mass is 35.5. The fourth-order valence-electron chi connectivity index (χ4n) is 2.47. The van der Waals surface area contributed by atoms with E-state index in [4.69, 9.17) is 11.6 Å². The quantitative estimate of drug-likeness (QED) is 0.908. The molecule has 1 aliphatic rings. The Labute approximate surface area is 134 Å². The minimum Gasteiger partial charge on any atom is -0.331 e. The fraction of sp³-hybridized carbons (Fsp3) is 0.467. The second-order valence-electron chi connectivity index (χ2n) is 5.58. The Kier molecular flexibility index (Phi) is 5.24. The summed E-state index contributed by atoms with van der Waals surface area (Å²) in [7, 11) is 3.37. The SMILES string of the molecule is CN(C)C(=O)N1CCCC(C(=O)Nc2ccc(Cl)c(F)c2)C1. The number of piperidine rings is 1. The van der Waals surface area contributed by atoms with Crippen LogP contribution < -0.4 is 5.32 Å². The number of rotatable bonds is 2. The Morgan fingerprint density at radius 1 is 1.41 bits per heavy atom. The van der Waals surface area contributed by atoms with E-state index in [1.54, 1.807) is 25.1 Å². The normalized spacial score (nSPS) is 18.0. The second kappa shape index (κ2) is 6.96. The van der Waals surface area contributed by atoms with Crippen LogP contribution in [0.15, 0.2) is 18.2 Å². The summed E-state index contributed by atoms with van der Waals surface area (Å²) in [5.41, 5.74) is 0.364. The first-order valence-corrected chi connectivity index (χ1v) is 7.48. The maximum atomic E-state index is 13.4. The summed E-state index contributed by atoms with van der Waals surface area (Å²) in [6.45, 7) is 1.02. The summed E-state index contributed by atoms with van der Waals surface area (Å²) in [4.78, 5) is 27.4. The number of hydrogen-bond donors (Lipinski definition) is 1. The van der Waals surface area contributed by atoms with E-state index in [0.29, 0.717) is 25.2 Å². The molecule has 0 spiro atoms. The van der Waals surface area contributed by atoms with Crippen molar-refractivity contribution in [2.24, 2.45) is 5.92 Å². The summed E-state index contributed by atoms with van der Waals surface area (Å²) in [6.07, 6.45) is 1.48. The van der Waals surface area contributed by atoms with Gasteiger partial charge in [0, 0.05) is 32.9 Å². The Bertz CT molecular complexity index is 580. The molecule has 0 aliphatic carbocycles. The van der Waals surface area contributed by atoms with Crippen molar-refractivity contribution >= 4 is 29.2 Å². The highest BCUT2D eigenvalue weighted by Crippen LogP contribution is 2.22. The number of carbonyl (C=O) groups excluding carboxylic acids is 2. The standard InChI is InChI=1S/C15H19ClFN3O2/c1-19(2)15(22)20-7-3-4-10(9-20)14(21)18-11-5-6-12(16)13(17)8-11/h5-6,8,10H,3-4,7,9H2,1-2H3,(H,18,21). The molecule has 1 fully saturated rings. The average Bonchev–Trinajstić information content (AvgIpc) is 2.50. The zero-order chi connectivity index (χ0) is 16.3. The molecule has 0 aromatic heterocycles. The number of carbonyl (C=O) groups is 2. The number of halogens is 2. The molecule has 5 nitrogen and oxygen atoms in total. The van der Waals surface area contributed by atoms with Gasteiger partial charge in [-0.1, -0.05) is 11.6 Å². The summed E-state index contributed by atoms with van der Waals surface area (Å²) < 4.78 is 13.4. The van der Waals surface area contributed by atoms with Gasteiger partial charge >= 0.3 is 6.03 Å².